The van der Waals surface area contributed by atoms with E-state index in [2.05, 4.69) is 5.32 Å². The van der Waals surface area contributed by atoms with Gasteiger partial charge in [-0.1, -0.05) is 12.1 Å². The predicted octanol–water partition coefficient (Wildman–Crippen LogP) is 1.88. The second kappa shape index (κ2) is 6.40. The first-order valence-electron chi connectivity index (χ1n) is 6.30. The van der Waals surface area contributed by atoms with Gasteiger partial charge in [0.15, 0.2) is 0 Å². The smallest absolute Gasteiger partial charge is 0.307 e. The Morgan fingerprint density at radius 1 is 1.44 bits per heavy atom. The Balaban J connectivity index is 1.67. The Morgan fingerprint density at radius 3 is 3.00 bits per heavy atom. The summed E-state index contributed by atoms with van der Waals surface area (Å²) in [5.74, 6) is 0.616. The van der Waals surface area contributed by atoms with Crippen LogP contribution in [0.15, 0.2) is 24.3 Å². The fourth-order valence-electron chi connectivity index (χ4n) is 1.66. The summed E-state index contributed by atoms with van der Waals surface area (Å²) in [7, 11) is 1.62. The summed E-state index contributed by atoms with van der Waals surface area (Å²) in [6, 6.07) is 8.17. The zero-order chi connectivity index (χ0) is 12.8. The highest BCUT2D eigenvalue weighted by molar-refractivity contribution is 5.69. The average Bonchev–Trinajstić information content (AvgIpc) is 3.21. The van der Waals surface area contributed by atoms with E-state index in [1.165, 1.54) is 12.8 Å². The number of benzene rings is 1. The predicted molar refractivity (Wildman–Crippen MR) is 68.4 cm³/mol. The van der Waals surface area contributed by atoms with Crippen molar-refractivity contribution in [2.75, 3.05) is 13.7 Å². The van der Waals surface area contributed by atoms with Gasteiger partial charge in [-0.2, -0.15) is 0 Å². The number of hydrogen-bond donors (Lipinski definition) is 1. The number of rotatable bonds is 7. The topological polar surface area (TPSA) is 47.6 Å². The minimum atomic E-state index is -0.161. The lowest BCUT2D eigenvalue weighted by Gasteiger charge is -2.07. The number of esters is 1. The summed E-state index contributed by atoms with van der Waals surface area (Å²) < 4.78 is 10.3. The van der Waals surface area contributed by atoms with Gasteiger partial charge >= 0.3 is 5.97 Å². The van der Waals surface area contributed by atoms with Crippen LogP contribution in [0.1, 0.15) is 24.8 Å². The van der Waals surface area contributed by atoms with E-state index in [0.29, 0.717) is 25.6 Å². The highest BCUT2D eigenvalue weighted by Gasteiger charge is 2.20. The molecule has 0 heterocycles. The van der Waals surface area contributed by atoms with Gasteiger partial charge in [-0.3, -0.25) is 4.79 Å². The van der Waals surface area contributed by atoms with E-state index in [1.54, 1.807) is 7.11 Å². The third-order valence-electron chi connectivity index (χ3n) is 2.87. The third-order valence-corrected chi connectivity index (χ3v) is 2.87. The van der Waals surface area contributed by atoms with E-state index in [0.717, 1.165) is 11.3 Å². The van der Waals surface area contributed by atoms with Crippen LogP contribution in [-0.4, -0.2) is 25.7 Å². The lowest BCUT2D eigenvalue weighted by molar-refractivity contribution is -0.144. The Bertz CT molecular complexity index is 402. The molecule has 0 bridgehead atoms. The molecule has 1 N–H and O–H groups in total. The quantitative estimate of drug-likeness (QED) is 0.750. The van der Waals surface area contributed by atoms with Gasteiger partial charge in [-0.15, -0.1) is 0 Å². The normalized spacial score (nSPS) is 14.3. The molecule has 0 aromatic heterocycles. The Hall–Kier alpha value is -1.55. The first-order chi connectivity index (χ1) is 8.78. The number of methoxy groups -OCH3 is 1. The standard InChI is InChI=1S/C14H19NO3/c1-17-13-4-2-3-11(9-13)10-18-14(16)7-8-15-12-5-6-12/h2-4,9,12,15H,5-8,10H2,1H3. The van der Waals surface area contributed by atoms with Crippen molar-refractivity contribution in [1.82, 2.24) is 5.32 Å². The fraction of sp³-hybridized carbons (Fsp3) is 0.500. The maximum absolute atomic E-state index is 11.5. The van der Waals surface area contributed by atoms with Crippen molar-refractivity contribution in [2.45, 2.75) is 31.9 Å². The van der Waals surface area contributed by atoms with Crippen molar-refractivity contribution in [3.8, 4) is 5.75 Å². The van der Waals surface area contributed by atoms with E-state index in [-0.39, 0.29) is 5.97 Å². The highest BCUT2D eigenvalue weighted by Crippen LogP contribution is 2.18. The van der Waals surface area contributed by atoms with Crippen LogP contribution in [0.4, 0.5) is 0 Å². The van der Waals surface area contributed by atoms with Crippen LogP contribution in [0.25, 0.3) is 0 Å². The minimum absolute atomic E-state index is 0.161. The first-order valence-corrected chi connectivity index (χ1v) is 6.30. The van der Waals surface area contributed by atoms with Gasteiger partial charge in [0, 0.05) is 12.6 Å². The molecule has 98 valence electrons. The Morgan fingerprint density at radius 2 is 2.28 bits per heavy atom. The van der Waals surface area contributed by atoms with Crippen molar-refractivity contribution in [3.05, 3.63) is 29.8 Å². The monoisotopic (exact) mass is 249 g/mol. The van der Waals surface area contributed by atoms with Gasteiger partial charge in [0.05, 0.1) is 13.5 Å². The van der Waals surface area contributed by atoms with Crippen LogP contribution in [-0.2, 0) is 16.1 Å². The van der Waals surface area contributed by atoms with Gasteiger partial charge in [0.1, 0.15) is 12.4 Å². The SMILES string of the molecule is COc1cccc(COC(=O)CCNC2CC2)c1. The molecule has 1 aliphatic carbocycles. The van der Waals surface area contributed by atoms with Crippen molar-refractivity contribution in [2.24, 2.45) is 0 Å². The Kier molecular flexibility index (Phi) is 4.59. The van der Waals surface area contributed by atoms with Crippen LogP contribution in [0, 0.1) is 0 Å². The van der Waals surface area contributed by atoms with Crippen molar-refractivity contribution in [3.63, 3.8) is 0 Å². The van der Waals surface area contributed by atoms with E-state index in [9.17, 15) is 4.79 Å². The molecular formula is C14H19NO3. The summed E-state index contributed by atoms with van der Waals surface area (Å²) in [4.78, 5) is 11.5. The summed E-state index contributed by atoms with van der Waals surface area (Å²) in [6.07, 6.45) is 2.90. The zero-order valence-corrected chi connectivity index (χ0v) is 10.6. The molecule has 0 spiro atoms. The largest absolute Gasteiger partial charge is 0.497 e. The van der Waals surface area contributed by atoms with Crippen LogP contribution in [0.3, 0.4) is 0 Å². The number of nitrogens with one attached hydrogen (secondary N) is 1. The van der Waals surface area contributed by atoms with Gasteiger partial charge in [0.25, 0.3) is 0 Å². The molecule has 0 radical (unpaired) electrons. The van der Waals surface area contributed by atoms with Crippen LogP contribution < -0.4 is 10.1 Å². The van der Waals surface area contributed by atoms with Crippen molar-refractivity contribution in [1.29, 1.82) is 0 Å². The number of hydrogen-bond acceptors (Lipinski definition) is 4. The maximum atomic E-state index is 11.5. The Labute approximate surface area is 107 Å². The molecule has 0 atom stereocenters. The molecule has 2 rings (SSSR count). The molecule has 4 nitrogen and oxygen atoms in total. The first kappa shape index (κ1) is 12.9. The summed E-state index contributed by atoms with van der Waals surface area (Å²) >= 11 is 0. The van der Waals surface area contributed by atoms with E-state index < -0.39 is 0 Å². The second-order valence-electron chi connectivity index (χ2n) is 4.49. The van der Waals surface area contributed by atoms with E-state index in [4.69, 9.17) is 9.47 Å². The van der Waals surface area contributed by atoms with Crippen LogP contribution in [0.5, 0.6) is 5.75 Å². The zero-order valence-electron chi connectivity index (χ0n) is 10.6. The summed E-state index contributed by atoms with van der Waals surface area (Å²) in [5, 5.41) is 3.28. The lowest BCUT2D eigenvalue weighted by Crippen LogP contribution is -2.21. The molecule has 1 aliphatic rings. The summed E-state index contributed by atoms with van der Waals surface area (Å²) in [6.45, 7) is 1.01. The highest BCUT2D eigenvalue weighted by atomic mass is 16.5. The molecule has 1 saturated carbocycles. The molecule has 18 heavy (non-hydrogen) atoms. The molecule has 0 unspecified atom stereocenters. The molecule has 4 heteroatoms. The van der Waals surface area contributed by atoms with Gasteiger partial charge < -0.3 is 14.8 Å². The average molecular weight is 249 g/mol. The molecule has 1 aromatic rings. The second-order valence-corrected chi connectivity index (χ2v) is 4.49. The maximum Gasteiger partial charge on any atom is 0.307 e. The molecule has 1 aromatic carbocycles. The van der Waals surface area contributed by atoms with Crippen molar-refractivity contribution < 1.29 is 14.3 Å². The number of carbonyl (C=O) groups excluding carboxylic acids is 1. The molecule has 0 aliphatic heterocycles. The van der Waals surface area contributed by atoms with E-state index >= 15 is 0 Å². The minimum Gasteiger partial charge on any atom is -0.497 e. The van der Waals surface area contributed by atoms with Gasteiger partial charge in [-0.05, 0) is 30.5 Å². The summed E-state index contributed by atoms with van der Waals surface area (Å²) in [5.41, 5.74) is 0.942. The number of carbonyl (C=O) groups is 1. The molecular weight excluding hydrogens is 230 g/mol. The molecule has 0 amide bonds. The van der Waals surface area contributed by atoms with Gasteiger partial charge in [-0.25, -0.2) is 0 Å². The van der Waals surface area contributed by atoms with Crippen LogP contribution in [0.2, 0.25) is 0 Å². The molecule has 1 fully saturated rings. The third kappa shape index (κ3) is 4.37. The van der Waals surface area contributed by atoms with Gasteiger partial charge in [0.2, 0.25) is 0 Å². The lowest BCUT2D eigenvalue weighted by atomic mass is 10.2. The fourth-order valence-corrected chi connectivity index (χ4v) is 1.66. The molecule has 0 saturated heterocycles. The number of ether oxygens (including phenoxy) is 2. The van der Waals surface area contributed by atoms with Crippen LogP contribution >= 0.6 is 0 Å². The van der Waals surface area contributed by atoms with E-state index in [1.807, 2.05) is 24.3 Å². The van der Waals surface area contributed by atoms with Crippen molar-refractivity contribution >= 4 is 5.97 Å².